The number of halogens is 1. The SMILES string of the molecule is CC(=O)c1cccc[nH+]1.[O-][Cl+3]([O-])([O-])[O-]. The molecule has 1 aromatic heterocycles. The van der Waals surface area contributed by atoms with Gasteiger partial charge in [0.25, 0.3) is 0 Å². The number of Topliss-reactive ketones (excluding diaryl/α,β-unsaturated/α-hetero) is 1. The zero-order chi connectivity index (χ0) is 11.2. The van der Waals surface area contributed by atoms with E-state index in [1.807, 2.05) is 12.1 Å². The molecule has 0 radical (unpaired) electrons. The van der Waals surface area contributed by atoms with E-state index in [4.69, 9.17) is 18.6 Å². The lowest BCUT2D eigenvalue weighted by atomic mass is 10.3. The van der Waals surface area contributed by atoms with Gasteiger partial charge >= 0.3 is 0 Å². The second-order valence-electron chi connectivity index (χ2n) is 2.21. The van der Waals surface area contributed by atoms with Crippen LogP contribution in [0.3, 0.4) is 0 Å². The van der Waals surface area contributed by atoms with Crippen LogP contribution in [-0.2, 0) is 0 Å². The Kier molecular flexibility index (Phi) is 5.21. The summed E-state index contributed by atoms with van der Waals surface area (Å²) < 4.78 is 34.0. The molecule has 14 heavy (non-hydrogen) atoms. The fourth-order valence-electron chi connectivity index (χ4n) is 0.612. The van der Waals surface area contributed by atoms with Crippen molar-refractivity contribution >= 4 is 5.78 Å². The van der Waals surface area contributed by atoms with Gasteiger partial charge in [0.2, 0.25) is 11.5 Å². The molecule has 1 aromatic rings. The standard InChI is InChI=1S/C7H7NO.ClHO4/c1-6(9)7-4-2-3-5-8-7;2-1(3,4)5/h2-5H,1H3;(H,2,3,4,5). The van der Waals surface area contributed by atoms with E-state index in [9.17, 15) is 4.79 Å². The van der Waals surface area contributed by atoms with Crippen LogP contribution < -0.4 is 23.6 Å². The molecule has 0 bridgehead atoms. The number of carbonyl (C=O) groups is 1. The summed E-state index contributed by atoms with van der Waals surface area (Å²) in [5.41, 5.74) is 0.650. The van der Waals surface area contributed by atoms with Crippen molar-refractivity contribution in [1.82, 2.24) is 0 Å². The van der Waals surface area contributed by atoms with E-state index < -0.39 is 10.2 Å². The number of hydrogen-bond acceptors (Lipinski definition) is 5. The van der Waals surface area contributed by atoms with Crippen LogP contribution in [0.1, 0.15) is 17.4 Å². The molecule has 78 valence electrons. The van der Waals surface area contributed by atoms with E-state index >= 15 is 0 Å². The fraction of sp³-hybridized carbons (Fsp3) is 0.143. The Morgan fingerprint density at radius 3 is 2.00 bits per heavy atom. The lowest BCUT2D eigenvalue weighted by molar-refractivity contribution is -2.00. The van der Waals surface area contributed by atoms with Gasteiger partial charge in [0, 0.05) is 19.1 Å². The maximum atomic E-state index is 10.6. The zero-order valence-corrected chi connectivity index (χ0v) is 7.98. The maximum absolute atomic E-state index is 10.6. The number of rotatable bonds is 1. The second kappa shape index (κ2) is 5.63. The van der Waals surface area contributed by atoms with Crippen molar-refractivity contribution in [2.75, 3.05) is 0 Å². The lowest BCUT2D eigenvalue weighted by Crippen LogP contribution is -2.68. The molecule has 7 heteroatoms. The van der Waals surface area contributed by atoms with E-state index in [-0.39, 0.29) is 5.78 Å². The summed E-state index contributed by atoms with van der Waals surface area (Å²) in [6.07, 6.45) is 1.73. The van der Waals surface area contributed by atoms with Crippen molar-refractivity contribution < 1.29 is 38.7 Å². The molecule has 1 N–H and O–H groups in total. The largest absolute Gasteiger partial charge is 0.288 e. The van der Waals surface area contributed by atoms with Crippen molar-refractivity contribution in [2.45, 2.75) is 6.92 Å². The Morgan fingerprint density at radius 2 is 1.79 bits per heavy atom. The first-order chi connectivity index (χ1) is 6.30. The molecule has 1 heterocycles. The Morgan fingerprint density at radius 1 is 1.29 bits per heavy atom. The van der Waals surface area contributed by atoms with Crippen molar-refractivity contribution in [1.29, 1.82) is 0 Å². The first-order valence-corrected chi connectivity index (χ1v) is 4.63. The Labute approximate surface area is 82.2 Å². The summed E-state index contributed by atoms with van der Waals surface area (Å²) in [7, 11) is -4.94. The number of H-pyrrole nitrogens is 1. The number of aromatic amines is 1. The zero-order valence-electron chi connectivity index (χ0n) is 7.23. The molecule has 0 aliphatic carbocycles. The molecule has 0 aromatic carbocycles. The molecule has 6 nitrogen and oxygen atoms in total. The summed E-state index contributed by atoms with van der Waals surface area (Å²) in [4.78, 5) is 13.4. The topological polar surface area (TPSA) is 123 Å². The van der Waals surface area contributed by atoms with Crippen molar-refractivity contribution in [3.8, 4) is 0 Å². The highest BCUT2D eigenvalue weighted by Gasteiger charge is 2.02. The first-order valence-electron chi connectivity index (χ1n) is 3.40. The predicted octanol–water partition coefficient (Wildman–Crippen LogP) is -4.05. The van der Waals surface area contributed by atoms with Gasteiger partial charge in [0.1, 0.15) is 0 Å². The minimum absolute atomic E-state index is 0.0654. The van der Waals surface area contributed by atoms with Crippen LogP contribution in [0.25, 0.3) is 0 Å². The highest BCUT2D eigenvalue weighted by atomic mass is 35.7. The average Bonchev–Trinajstić information content (AvgIpc) is 2.03. The molecule has 0 spiro atoms. The van der Waals surface area contributed by atoms with Crippen molar-refractivity contribution in [3.63, 3.8) is 0 Å². The van der Waals surface area contributed by atoms with Crippen LogP contribution >= 0.6 is 0 Å². The van der Waals surface area contributed by atoms with Gasteiger partial charge in [0.05, 0.1) is 0 Å². The Balaban J connectivity index is 0.000000292. The van der Waals surface area contributed by atoms with Crippen LogP contribution in [0.2, 0.25) is 0 Å². The molecule has 0 atom stereocenters. The average molecular weight is 222 g/mol. The van der Waals surface area contributed by atoms with Crippen LogP contribution in [0.5, 0.6) is 0 Å². The molecule has 0 aliphatic heterocycles. The molecule has 0 fully saturated rings. The molecule has 0 amide bonds. The smallest absolute Gasteiger partial charge is 0.246 e. The lowest BCUT2D eigenvalue weighted by Gasteiger charge is -2.17. The minimum Gasteiger partial charge on any atom is -0.288 e. The van der Waals surface area contributed by atoms with Gasteiger partial charge in [-0.1, -0.05) is 0 Å². The molecule has 1 rings (SSSR count). The summed E-state index contributed by atoms with van der Waals surface area (Å²) in [5.74, 6) is 0.0654. The molecular weight excluding hydrogens is 214 g/mol. The van der Waals surface area contributed by atoms with E-state index in [0.29, 0.717) is 5.69 Å². The minimum atomic E-state index is -4.94. The summed E-state index contributed by atoms with van der Waals surface area (Å²) in [6.45, 7) is 1.53. The second-order valence-corrected chi connectivity index (χ2v) is 2.97. The van der Waals surface area contributed by atoms with Crippen LogP contribution in [-0.4, -0.2) is 5.78 Å². The van der Waals surface area contributed by atoms with E-state index in [1.54, 1.807) is 12.3 Å². The van der Waals surface area contributed by atoms with Gasteiger partial charge < -0.3 is 0 Å². The highest BCUT2D eigenvalue weighted by molar-refractivity contribution is 5.90. The van der Waals surface area contributed by atoms with Gasteiger partial charge in [-0.15, -0.1) is 10.2 Å². The number of pyridine rings is 1. The molecule has 0 saturated carbocycles. The Bertz CT molecular complexity index is 278. The molecule has 0 saturated heterocycles. The monoisotopic (exact) mass is 221 g/mol. The van der Waals surface area contributed by atoms with Gasteiger partial charge in [-0.05, 0) is 6.07 Å². The number of nitrogens with one attached hydrogen (secondary N) is 1. The summed E-state index contributed by atoms with van der Waals surface area (Å²) in [6, 6.07) is 5.42. The summed E-state index contributed by atoms with van der Waals surface area (Å²) >= 11 is 0. The first kappa shape index (κ1) is 12.9. The van der Waals surface area contributed by atoms with Gasteiger partial charge in [-0.2, -0.15) is 0 Å². The van der Waals surface area contributed by atoms with Gasteiger partial charge in [0.15, 0.2) is 6.20 Å². The van der Waals surface area contributed by atoms with Crippen molar-refractivity contribution in [3.05, 3.63) is 30.1 Å². The van der Waals surface area contributed by atoms with Crippen LogP contribution in [0, 0.1) is 10.2 Å². The normalized spacial score (nSPS) is 10.1. The van der Waals surface area contributed by atoms with E-state index in [0.717, 1.165) is 0 Å². The van der Waals surface area contributed by atoms with Crippen LogP contribution in [0.4, 0.5) is 0 Å². The number of hydrogen-bond donors (Lipinski definition) is 0. The predicted molar refractivity (Wildman–Crippen MR) is 33.0 cm³/mol. The third-order valence-corrected chi connectivity index (χ3v) is 1.09. The van der Waals surface area contributed by atoms with Gasteiger partial charge in [-0.25, -0.2) is 23.6 Å². The molecule has 0 unspecified atom stereocenters. The third kappa shape index (κ3) is 9.04. The quantitative estimate of drug-likeness (QED) is 0.447. The number of aromatic nitrogens is 1. The molecule has 0 aliphatic rings. The van der Waals surface area contributed by atoms with Crippen molar-refractivity contribution in [2.24, 2.45) is 0 Å². The van der Waals surface area contributed by atoms with E-state index in [2.05, 4.69) is 4.98 Å². The van der Waals surface area contributed by atoms with Crippen LogP contribution in [0.15, 0.2) is 24.4 Å². The number of carbonyl (C=O) groups excluding carboxylic acids is 1. The molecular formula is C7H8ClNO5. The third-order valence-electron chi connectivity index (χ3n) is 1.09. The number of ketones is 1. The fourth-order valence-corrected chi connectivity index (χ4v) is 0.612. The van der Waals surface area contributed by atoms with E-state index in [1.165, 1.54) is 6.92 Å². The highest BCUT2D eigenvalue weighted by Crippen LogP contribution is 1.87. The maximum Gasteiger partial charge on any atom is 0.246 e. The van der Waals surface area contributed by atoms with Gasteiger partial charge in [-0.3, -0.25) is 4.79 Å². The Hall–Kier alpha value is -1.05. The summed E-state index contributed by atoms with van der Waals surface area (Å²) in [5, 5.41) is 0.